The smallest absolute Gasteiger partial charge is 0.127 e. The molecule has 20 heavy (non-hydrogen) atoms. The number of benzene rings is 2. The van der Waals surface area contributed by atoms with Crippen LogP contribution >= 0.6 is 50.1 Å². The molecule has 0 fully saturated rings. The summed E-state index contributed by atoms with van der Waals surface area (Å²) < 4.78 is 15.9. The van der Waals surface area contributed by atoms with E-state index in [1.807, 2.05) is 18.2 Å². The lowest BCUT2D eigenvalue weighted by atomic mass is 9.99. The number of hydrazine groups is 1. The Hall–Kier alpha value is -0.210. The molecule has 0 aliphatic heterocycles. The monoisotopic (exact) mass is 468 g/mol. The third-order valence-electron chi connectivity index (χ3n) is 3.00. The molecule has 1 unspecified atom stereocenters. The average molecular weight is 470 g/mol. The summed E-state index contributed by atoms with van der Waals surface area (Å²) in [5, 5.41) is 0.409. The van der Waals surface area contributed by atoms with E-state index in [2.05, 4.69) is 43.9 Å². The summed E-state index contributed by atoms with van der Waals surface area (Å²) in [7, 11) is 0. The summed E-state index contributed by atoms with van der Waals surface area (Å²) >= 11 is 11.8. The van der Waals surface area contributed by atoms with Gasteiger partial charge in [-0.2, -0.15) is 0 Å². The van der Waals surface area contributed by atoms with Crippen molar-refractivity contribution in [3.05, 3.63) is 66.4 Å². The lowest BCUT2D eigenvalue weighted by Gasteiger charge is -2.19. The average Bonchev–Trinajstić information content (AvgIpc) is 2.42. The molecule has 106 valence electrons. The Morgan fingerprint density at radius 1 is 1.35 bits per heavy atom. The van der Waals surface area contributed by atoms with Crippen molar-refractivity contribution in [2.24, 2.45) is 5.84 Å². The van der Waals surface area contributed by atoms with Gasteiger partial charge in [0.25, 0.3) is 0 Å². The summed E-state index contributed by atoms with van der Waals surface area (Å²) in [5.74, 6) is 5.31. The molecule has 2 aromatic carbocycles. The Bertz CT molecular complexity index is 604. The maximum absolute atomic E-state index is 13.9. The van der Waals surface area contributed by atoms with Crippen LogP contribution in [0.5, 0.6) is 0 Å². The molecule has 0 aliphatic carbocycles. The van der Waals surface area contributed by atoms with E-state index in [1.165, 1.54) is 6.07 Å². The molecule has 0 aromatic heterocycles. The van der Waals surface area contributed by atoms with Gasteiger partial charge in [-0.05, 0) is 64.9 Å². The molecule has 0 saturated heterocycles. The fraction of sp³-hybridized carbons (Fsp3) is 0.143. The molecule has 0 spiro atoms. The second kappa shape index (κ2) is 7.17. The molecule has 2 aromatic rings. The normalized spacial score (nSPS) is 12.4. The summed E-state index contributed by atoms with van der Waals surface area (Å²) in [6.45, 7) is 0. The van der Waals surface area contributed by atoms with Gasteiger partial charge in [0.15, 0.2) is 0 Å². The second-order valence-corrected chi connectivity index (χ2v) is 6.80. The molecular weight excluding hydrogens is 457 g/mol. The molecule has 0 aliphatic rings. The lowest BCUT2D eigenvalue weighted by Crippen LogP contribution is -2.30. The van der Waals surface area contributed by atoms with Crippen LogP contribution in [0.25, 0.3) is 0 Å². The first-order chi connectivity index (χ1) is 9.52. The van der Waals surface area contributed by atoms with E-state index in [1.54, 1.807) is 12.1 Å². The summed E-state index contributed by atoms with van der Waals surface area (Å²) in [4.78, 5) is 0. The van der Waals surface area contributed by atoms with Crippen LogP contribution in [0.3, 0.4) is 0 Å². The Morgan fingerprint density at radius 3 is 2.75 bits per heavy atom. The predicted molar refractivity (Wildman–Crippen MR) is 92.0 cm³/mol. The van der Waals surface area contributed by atoms with Gasteiger partial charge in [0.1, 0.15) is 5.82 Å². The van der Waals surface area contributed by atoms with Gasteiger partial charge in [0.2, 0.25) is 0 Å². The van der Waals surface area contributed by atoms with Crippen LogP contribution in [0.2, 0.25) is 5.02 Å². The molecule has 1 atom stereocenters. The highest BCUT2D eigenvalue weighted by Crippen LogP contribution is 2.30. The predicted octanol–water partition coefficient (Wildman–Crippen LogP) is 4.59. The second-order valence-electron chi connectivity index (χ2n) is 4.29. The van der Waals surface area contributed by atoms with Gasteiger partial charge in [-0.25, -0.2) is 4.39 Å². The van der Waals surface area contributed by atoms with Crippen molar-refractivity contribution >= 4 is 50.1 Å². The molecule has 2 rings (SSSR count). The van der Waals surface area contributed by atoms with Gasteiger partial charge in [-0.3, -0.25) is 11.3 Å². The highest BCUT2D eigenvalue weighted by molar-refractivity contribution is 14.1. The van der Waals surface area contributed by atoms with Gasteiger partial charge in [0.05, 0.1) is 6.04 Å². The zero-order valence-corrected chi connectivity index (χ0v) is 14.8. The van der Waals surface area contributed by atoms with Crippen molar-refractivity contribution < 1.29 is 4.39 Å². The molecule has 0 bridgehead atoms. The minimum Gasteiger partial charge on any atom is -0.271 e. The van der Waals surface area contributed by atoms with Crippen LogP contribution in [0.15, 0.2) is 40.9 Å². The fourth-order valence-corrected chi connectivity index (χ4v) is 3.25. The van der Waals surface area contributed by atoms with Gasteiger partial charge < -0.3 is 0 Å². The van der Waals surface area contributed by atoms with Crippen LogP contribution in [0.4, 0.5) is 4.39 Å². The van der Waals surface area contributed by atoms with Crippen molar-refractivity contribution in [2.75, 3.05) is 0 Å². The Labute approximate surface area is 144 Å². The number of nitrogens with one attached hydrogen (secondary N) is 1. The fourth-order valence-electron chi connectivity index (χ4n) is 1.97. The summed E-state index contributed by atoms with van der Waals surface area (Å²) in [6, 6.07) is 10.4. The number of hydrogen-bond donors (Lipinski definition) is 2. The Kier molecular flexibility index (Phi) is 5.80. The molecule has 0 radical (unpaired) electrons. The van der Waals surface area contributed by atoms with Crippen molar-refractivity contribution in [3.63, 3.8) is 0 Å². The molecule has 3 N–H and O–H groups in total. The third kappa shape index (κ3) is 3.71. The first kappa shape index (κ1) is 16.2. The topological polar surface area (TPSA) is 38.0 Å². The molecule has 2 nitrogen and oxygen atoms in total. The van der Waals surface area contributed by atoms with E-state index in [-0.39, 0.29) is 11.9 Å². The van der Waals surface area contributed by atoms with E-state index in [0.717, 1.165) is 13.6 Å². The van der Waals surface area contributed by atoms with E-state index in [4.69, 9.17) is 17.4 Å². The van der Waals surface area contributed by atoms with Crippen molar-refractivity contribution in [3.8, 4) is 0 Å². The maximum Gasteiger partial charge on any atom is 0.127 e. The minimum atomic E-state index is -0.320. The number of nitrogens with two attached hydrogens (primary N) is 1. The summed E-state index contributed by atoms with van der Waals surface area (Å²) in [6.07, 6.45) is 0.376. The van der Waals surface area contributed by atoms with Crippen LogP contribution in [-0.2, 0) is 6.42 Å². The number of halogens is 4. The van der Waals surface area contributed by atoms with Crippen LogP contribution in [0, 0.1) is 9.39 Å². The minimum absolute atomic E-state index is 0.228. The highest BCUT2D eigenvalue weighted by atomic mass is 127. The maximum atomic E-state index is 13.9. The molecule has 0 saturated carbocycles. The van der Waals surface area contributed by atoms with Gasteiger partial charge in [-0.1, -0.05) is 33.6 Å². The number of rotatable bonds is 4. The largest absolute Gasteiger partial charge is 0.271 e. The van der Waals surface area contributed by atoms with Crippen molar-refractivity contribution in [1.29, 1.82) is 0 Å². The van der Waals surface area contributed by atoms with E-state index >= 15 is 0 Å². The van der Waals surface area contributed by atoms with E-state index in [0.29, 0.717) is 17.0 Å². The highest BCUT2D eigenvalue weighted by Gasteiger charge is 2.18. The molecular formula is C14H12BrClFIN2. The molecule has 6 heteroatoms. The summed E-state index contributed by atoms with van der Waals surface area (Å²) in [5.41, 5.74) is 4.16. The van der Waals surface area contributed by atoms with E-state index in [9.17, 15) is 4.39 Å². The number of hydrogen-bond acceptors (Lipinski definition) is 2. The zero-order chi connectivity index (χ0) is 14.7. The standard InChI is InChI=1S/C14H12BrClFIN2/c15-11-5-4-8(18)6-9(11)14(20-19)7-10-12(16)2-1-3-13(10)17/h1-6,14,20H,7,19H2. The first-order valence-electron chi connectivity index (χ1n) is 5.87. The van der Waals surface area contributed by atoms with E-state index < -0.39 is 0 Å². The SMILES string of the molecule is NNC(Cc1c(F)cccc1Cl)c1cc(I)ccc1Br. The molecule has 0 heterocycles. The van der Waals surface area contributed by atoms with Crippen molar-refractivity contribution in [2.45, 2.75) is 12.5 Å². The lowest BCUT2D eigenvalue weighted by molar-refractivity contribution is 0.527. The van der Waals surface area contributed by atoms with Gasteiger partial charge in [0, 0.05) is 18.6 Å². The third-order valence-corrected chi connectivity index (χ3v) is 4.75. The Morgan fingerprint density at radius 2 is 2.10 bits per heavy atom. The van der Waals surface area contributed by atoms with Gasteiger partial charge >= 0.3 is 0 Å². The van der Waals surface area contributed by atoms with Crippen molar-refractivity contribution in [1.82, 2.24) is 5.43 Å². The zero-order valence-electron chi connectivity index (χ0n) is 10.3. The van der Waals surface area contributed by atoms with Crippen LogP contribution in [0.1, 0.15) is 17.2 Å². The van der Waals surface area contributed by atoms with Crippen LogP contribution < -0.4 is 11.3 Å². The molecule has 0 amide bonds. The first-order valence-corrected chi connectivity index (χ1v) is 8.12. The quantitative estimate of drug-likeness (QED) is 0.391. The van der Waals surface area contributed by atoms with Crippen LogP contribution in [-0.4, -0.2) is 0 Å². The van der Waals surface area contributed by atoms with Gasteiger partial charge in [-0.15, -0.1) is 0 Å². The Balaban J connectivity index is 2.36.